The van der Waals surface area contributed by atoms with Gasteiger partial charge in [-0.05, 0) is 161 Å². The second-order valence-electron chi connectivity index (χ2n) is 32.4. The van der Waals surface area contributed by atoms with Crippen LogP contribution in [0.5, 0.6) is 0 Å². The van der Waals surface area contributed by atoms with Crippen molar-refractivity contribution in [3.63, 3.8) is 0 Å². The number of amidine groups is 3. The van der Waals surface area contributed by atoms with Gasteiger partial charge in [0.2, 0.25) is 30.1 Å². The first-order valence-electron chi connectivity index (χ1n) is 44.6. The second kappa shape index (κ2) is 51.0. The number of halogens is 1. The molecule has 0 bridgehead atoms. The Hall–Kier alpha value is -6.98. The molecular weight excluding hydrogens is 1680 g/mol. The molecule has 4 N–H and O–H groups in total. The number of nitrogens with one attached hydrogen (secondary N) is 3. The molecule has 32 heteroatoms. The van der Waals surface area contributed by atoms with Crippen LogP contribution < -0.4 is 30.7 Å². The number of piperidine rings is 3. The minimum Gasteiger partial charge on any atom is -0.400 e. The monoisotopic (exact) mass is 1820 g/mol. The van der Waals surface area contributed by atoms with Crippen molar-refractivity contribution in [3.8, 4) is 0 Å². The van der Waals surface area contributed by atoms with Crippen LogP contribution in [0.15, 0.2) is 91.4 Å². The molecule has 12 rings (SSSR count). The SMILES string of the molecule is C=CS(=O)(=O)N1CCC2(CC1)N=C(CCCCCCCCC)NC2=O.CC.CCCCCCCCCC1=NC2(CCN(S(=O)(=O)/C=C/c3ccc(N4CCOCC4=O)cc3C)CC2)C(=O)N1.CCCCCCCCCC1=NC2(CCN(S(=O)(=O)CCc3ccc(N4CCOCC4=O)cc3C)CC2)C(=O)N1.CO.Cc1cc(N2CCOCC2=O)ccc1Br. The first-order chi connectivity index (χ1) is 58.6. The number of amides is 6. The van der Waals surface area contributed by atoms with E-state index < -0.39 is 46.7 Å². The Morgan fingerprint density at radius 1 is 0.434 bits per heavy atom. The summed E-state index contributed by atoms with van der Waals surface area (Å²) in [6, 6.07) is 17.2. The number of hydrogen-bond donors (Lipinski definition) is 4. The molecule has 680 valence electrons. The topological polar surface area (TPSA) is 345 Å². The number of rotatable bonds is 36. The first-order valence-corrected chi connectivity index (χ1v) is 50.1. The van der Waals surface area contributed by atoms with Gasteiger partial charge in [0.15, 0.2) is 0 Å². The zero-order chi connectivity index (χ0) is 88.9. The highest BCUT2D eigenvalue weighted by Gasteiger charge is 2.50. The van der Waals surface area contributed by atoms with Crippen LogP contribution in [0.3, 0.4) is 0 Å². The van der Waals surface area contributed by atoms with Gasteiger partial charge in [0.1, 0.15) is 53.9 Å². The molecule has 0 saturated carbocycles. The number of benzene rings is 3. The van der Waals surface area contributed by atoms with Gasteiger partial charge >= 0.3 is 0 Å². The molecule has 0 aromatic heterocycles. The lowest BCUT2D eigenvalue weighted by molar-refractivity contribution is -0.126. The molecule has 6 amide bonds. The van der Waals surface area contributed by atoms with Gasteiger partial charge in [-0.25, -0.2) is 29.6 Å². The standard InChI is InChI=1S/C29H44N4O5S.C29H42N4O5S.C18H31N3O3S.C11H12BrNO2.C2H6.CH4O/c2*1-3-4-5-6-7-8-9-10-26-30-28(35)29(31-26)14-16-32(17-15-29)39(36,37)20-13-24-11-12-25(21-23(24)2)33-18-19-38-22-27(33)34;1-3-5-6-7-8-9-10-11-16-19-17(22)18(20-16)12-14-21(15-13-18)25(23,24)4-2;1-8-6-9(2-3-10(8)12)13-4-5-15-7-11(13)14;2*1-2/h11-12,21H,3-10,13-20,22H2,1-2H3,(H,30,31,35);11-13,20-21H,3-10,14-19,22H2,1-2H3,(H,30,31,35);4H,2-3,5-15H2,1H3,(H,19,20,22);2-3,6H,4-5,7H2,1H3;1-2H3;2H,1H3/b;20-13+;;;;. The molecule has 9 aliphatic rings. The molecule has 9 heterocycles. The molecule has 6 saturated heterocycles. The number of aliphatic hydroxyl groups excluding tert-OH is 1. The van der Waals surface area contributed by atoms with Crippen LogP contribution in [-0.2, 0) is 79.5 Å². The van der Waals surface area contributed by atoms with Gasteiger partial charge in [-0.1, -0.05) is 185 Å². The van der Waals surface area contributed by atoms with E-state index in [0.29, 0.717) is 111 Å². The van der Waals surface area contributed by atoms with Crippen LogP contribution in [0.2, 0.25) is 0 Å². The molecule has 3 spiro atoms. The van der Waals surface area contributed by atoms with E-state index in [1.165, 1.54) is 115 Å². The number of unbranched alkanes of at least 4 members (excludes halogenated alkanes) is 18. The summed E-state index contributed by atoms with van der Waals surface area (Å²) in [5, 5.41) is 18.1. The Balaban J connectivity index is 0.000000231. The van der Waals surface area contributed by atoms with Gasteiger partial charge in [-0.3, -0.25) is 43.7 Å². The third kappa shape index (κ3) is 29.8. The third-order valence-corrected chi connectivity index (χ3v) is 29.6. The summed E-state index contributed by atoms with van der Waals surface area (Å²) in [6.45, 7) is 25.2. The highest BCUT2D eigenvalue weighted by Crippen LogP contribution is 2.37. The molecule has 28 nitrogen and oxygen atoms in total. The molecule has 0 radical (unpaired) electrons. The number of morpholine rings is 3. The van der Waals surface area contributed by atoms with E-state index in [1.54, 1.807) is 20.8 Å². The second-order valence-corrected chi connectivity index (χ2v) is 39.1. The van der Waals surface area contributed by atoms with Gasteiger partial charge in [-0.15, -0.1) is 0 Å². The molecule has 3 aromatic carbocycles. The van der Waals surface area contributed by atoms with Crippen LogP contribution in [0.25, 0.3) is 6.08 Å². The number of hydrogen-bond acceptors (Lipinski definition) is 19. The van der Waals surface area contributed by atoms with E-state index in [-0.39, 0.29) is 74.1 Å². The molecule has 6 fully saturated rings. The molecule has 122 heavy (non-hydrogen) atoms. The fourth-order valence-corrected chi connectivity index (χ4v) is 20.1. The minimum atomic E-state index is -3.65. The lowest BCUT2D eigenvalue weighted by Gasteiger charge is -2.34. The maximum absolute atomic E-state index is 13.2. The van der Waals surface area contributed by atoms with Crippen molar-refractivity contribution < 1.29 is 73.3 Å². The zero-order valence-corrected chi connectivity index (χ0v) is 78.1. The zero-order valence-electron chi connectivity index (χ0n) is 74.1. The van der Waals surface area contributed by atoms with Crippen molar-refractivity contribution in [2.75, 3.05) is 126 Å². The molecule has 9 aliphatic heterocycles. The minimum absolute atomic E-state index is 0.00957. The quantitative estimate of drug-likeness (QED) is 0.0393. The predicted molar refractivity (Wildman–Crippen MR) is 490 cm³/mol. The number of aliphatic imine (C=N–C) groups is 3. The number of nitrogens with zero attached hydrogens (tertiary/aromatic N) is 9. The number of aryl methyl sites for hydroxylation is 4. The summed E-state index contributed by atoms with van der Waals surface area (Å²) in [5.41, 5.74) is 4.82. The van der Waals surface area contributed by atoms with Crippen LogP contribution >= 0.6 is 15.9 Å². The van der Waals surface area contributed by atoms with Crippen molar-refractivity contribution >= 4 is 122 Å². The van der Waals surface area contributed by atoms with Crippen LogP contribution in [0, 0.1) is 20.8 Å². The molecular formula is C90H139BrN12O16S3. The summed E-state index contributed by atoms with van der Waals surface area (Å²) >= 11 is 3.44. The van der Waals surface area contributed by atoms with E-state index in [9.17, 15) is 54.0 Å². The van der Waals surface area contributed by atoms with Crippen LogP contribution in [-0.4, -0.2) is 224 Å². The van der Waals surface area contributed by atoms with Crippen molar-refractivity contribution in [2.24, 2.45) is 15.0 Å². The van der Waals surface area contributed by atoms with Gasteiger partial charge in [-0.2, -0.15) is 8.61 Å². The fraction of sp³-hybridized carbons (Fsp3) is 0.656. The smallest absolute Gasteiger partial charge is 0.253 e. The van der Waals surface area contributed by atoms with E-state index in [2.05, 4.69) is 64.2 Å². The normalized spacial score (nSPS) is 19.2. The molecule has 0 aliphatic carbocycles. The number of aliphatic hydroxyl groups is 1. The van der Waals surface area contributed by atoms with Gasteiger partial charge in [0.05, 0.1) is 25.6 Å². The van der Waals surface area contributed by atoms with Gasteiger partial charge in [0, 0.05) is 118 Å². The van der Waals surface area contributed by atoms with E-state index >= 15 is 0 Å². The Bertz CT molecular complexity index is 4420. The van der Waals surface area contributed by atoms with Crippen molar-refractivity contribution in [2.45, 2.75) is 271 Å². The summed E-state index contributed by atoms with van der Waals surface area (Å²) in [7, 11) is -9.53. The summed E-state index contributed by atoms with van der Waals surface area (Å²) in [4.78, 5) is 93.2. The maximum atomic E-state index is 13.2. The Kier molecular flexibility index (Phi) is 42.7. The van der Waals surface area contributed by atoms with Crippen LogP contribution in [0.4, 0.5) is 17.1 Å². The summed E-state index contributed by atoms with van der Waals surface area (Å²) in [6.07, 6.45) is 32.3. The van der Waals surface area contributed by atoms with Crippen molar-refractivity contribution in [1.29, 1.82) is 0 Å². The average molecular weight is 1820 g/mol. The Morgan fingerprint density at radius 2 is 0.762 bits per heavy atom. The van der Waals surface area contributed by atoms with Gasteiger partial charge in [0.25, 0.3) is 35.4 Å². The van der Waals surface area contributed by atoms with E-state index in [4.69, 9.17) is 29.3 Å². The van der Waals surface area contributed by atoms with E-state index in [0.717, 1.165) is 137 Å². The van der Waals surface area contributed by atoms with Crippen LogP contribution in [0.1, 0.15) is 255 Å². The average Bonchev–Trinajstić information content (AvgIpc) is 1.63. The highest BCUT2D eigenvalue weighted by atomic mass is 79.9. The fourth-order valence-electron chi connectivity index (χ4n) is 16.3. The van der Waals surface area contributed by atoms with Gasteiger partial charge < -0.3 is 50.0 Å². The van der Waals surface area contributed by atoms with Crippen molar-refractivity contribution in [1.82, 2.24) is 28.9 Å². The number of sulfonamides is 3. The maximum Gasteiger partial charge on any atom is 0.253 e. The number of carbonyl (C=O) groups excluding carboxylic acids is 6. The molecule has 3 aromatic rings. The van der Waals surface area contributed by atoms with E-state index in [1.807, 2.05) is 89.2 Å². The number of anilines is 3. The lowest BCUT2D eigenvalue weighted by Crippen LogP contribution is -2.50. The number of ether oxygens (including phenoxy) is 3. The largest absolute Gasteiger partial charge is 0.400 e. The molecule has 0 unspecified atom stereocenters. The predicted octanol–water partition coefficient (Wildman–Crippen LogP) is 13.6. The Labute approximate surface area is 736 Å². The first kappa shape index (κ1) is 102. The molecule has 0 atom stereocenters. The summed E-state index contributed by atoms with van der Waals surface area (Å²) in [5.74, 6) is 1.95. The highest BCUT2D eigenvalue weighted by molar-refractivity contribution is 9.10. The van der Waals surface area contributed by atoms with Crippen molar-refractivity contribution in [3.05, 3.63) is 104 Å². The third-order valence-electron chi connectivity index (χ3n) is 23.8. The summed E-state index contributed by atoms with van der Waals surface area (Å²) < 4.78 is 97.1. The number of carbonyl (C=O) groups is 6. The Morgan fingerprint density at radius 3 is 1.11 bits per heavy atom. The lowest BCUT2D eigenvalue weighted by atomic mass is 9.89.